The van der Waals surface area contributed by atoms with E-state index in [4.69, 9.17) is 0 Å². The quantitative estimate of drug-likeness (QED) is 0.584. The minimum absolute atomic E-state index is 0.0166. The zero-order chi connectivity index (χ0) is 20.3. The number of nitrogens with zero attached hydrogens (tertiary/aromatic N) is 3. The Morgan fingerprint density at radius 1 is 1.14 bits per heavy atom. The molecule has 1 aromatic carbocycles. The number of hydrogen-bond donors (Lipinski definition) is 1. The zero-order valence-corrected chi connectivity index (χ0v) is 16.8. The summed E-state index contributed by atoms with van der Waals surface area (Å²) in [5, 5.41) is 14.3. The van der Waals surface area contributed by atoms with Crippen LogP contribution in [0.1, 0.15) is 32.1 Å². The number of nitrogens with one attached hydrogen (secondary N) is 1. The monoisotopic (exact) mass is 410 g/mol. The second-order valence-electron chi connectivity index (χ2n) is 7.25. The first kappa shape index (κ1) is 20.5. The summed E-state index contributed by atoms with van der Waals surface area (Å²) in [6, 6.07) is 4.15. The molecular weight excluding hydrogens is 384 g/mol. The second-order valence-corrected chi connectivity index (χ2v) is 9.19. The van der Waals surface area contributed by atoms with Crippen LogP contribution in [0, 0.1) is 16.0 Å². The largest absolute Gasteiger partial charge is 0.366 e. The van der Waals surface area contributed by atoms with Crippen molar-refractivity contribution in [3.05, 3.63) is 28.3 Å². The Hall–Kier alpha value is -2.20. The highest BCUT2D eigenvalue weighted by molar-refractivity contribution is 7.89. The number of anilines is 1. The first-order chi connectivity index (χ1) is 13.3. The molecule has 1 N–H and O–H groups in total. The molecule has 0 saturated carbocycles. The molecule has 28 heavy (non-hydrogen) atoms. The van der Waals surface area contributed by atoms with Gasteiger partial charge in [-0.05, 0) is 37.8 Å². The van der Waals surface area contributed by atoms with Crippen molar-refractivity contribution in [1.29, 1.82) is 0 Å². The molecule has 9 nitrogen and oxygen atoms in total. The van der Waals surface area contributed by atoms with E-state index >= 15 is 0 Å². The predicted molar refractivity (Wildman–Crippen MR) is 105 cm³/mol. The highest BCUT2D eigenvalue weighted by Crippen LogP contribution is 2.34. The van der Waals surface area contributed by atoms with Crippen molar-refractivity contribution in [3.63, 3.8) is 0 Å². The molecule has 154 valence electrons. The predicted octanol–water partition coefficient (Wildman–Crippen LogP) is 1.73. The van der Waals surface area contributed by atoms with Gasteiger partial charge in [-0.25, -0.2) is 8.42 Å². The molecule has 0 aliphatic carbocycles. The minimum Gasteiger partial charge on any atom is -0.366 e. The van der Waals surface area contributed by atoms with E-state index in [0.717, 1.165) is 19.3 Å². The Morgan fingerprint density at radius 2 is 1.79 bits per heavy atom. The second kappa shape index (κ2) is 8.44. The molecule has 1 aromatic rings. The van der Waals surface area contributed by atoms with Gasteiger partial charge in [0.25, 0.3) is 5.69 Å². The lowest BCUT2D eigenvalue weighted by molar-refractivity contribution is -0.384. The molecular formula is C18H26N4O5S. The van der Waals surface area contributed by atoms with Gasteiger partial charge < -0.3 is 10.2 Å². The van der Waals surface area contributed by atoms with Gasteiger partial charge >= 0.3 is 0 Å². The lowest BCUT2D eigenvalue weighted by Gasteiger charge is -2.32. The maximum Gasteiger partial charge on any atom is 0.293 e. The molecule has 0 spiro atoms. The molecule has 2 fully saturated rings. The number of nitro groups is 1. The molecule has 2 aliphatic heterocycles. The Kier molecular flexibility index (Phi) is 6.19. The van der Waals surface area contributed by atoms with Crippen LogP contribution in [0.2, 0.25) is 0 Å². The number of carbonyl (C=O) groups is 1. The SMILES string of the molecule is CNC(=O)C1CCN(c2ccc(S(=O)(=O)N3CCCCC3)cc2[N+](=O)[O-])CC1. The number of hydrogen-bond acceptors (Lipinski definition) is 6. The normalized spacial score (nSPS) is 19.4. The highest BCUT2D eigenvalue weighted by Gasteiger charge is 2.31. The van der Waals surface area contributed by atoms with E-state index in [1.807, 2.05) is 4.90 Å². The van der Waals surface area contributed by atoms with Crippen molar-refractivity contribution in [2.24, 2.45) is 5.92 Å². The van der Waals surface area contributed by atoms with E-state index in [9.17, 15) is 23.3 Å². The fourth-order valence-electron chi connectivity index (χ4n) is 3.92. The minimum atomic E-state index is -3.73. The van der Waals surface area contributed by atoms with Gasteiger partial charge in [0.05, 0.1) is 9.82 Å². The van der Waals surface area contributed by atoms with Gasteiger partial charge in [-0.3, -0.25) is 14.9 Å². The highest BCUT2D eigenvalue weighted by atomic mass is 32.2. The summed E-state index contributed by atoms with van der Waals surface area (Å²) in [5.74, 6) is -0.115. The average Bonchev–Trinajstić information content (AvgIpc) is 2.73. The summed E-state index contributed by atoms with van der Waals surface area (Å²) in [6.07, 6.45) is 3.81. The van der Waals surface area contributed by atoms with Gasteiger partial charge in [-0.2, -0.15) is 4.31 Å². The van der Waals surface area contributed by atoms with Crippen LogP contribution in [0.15, 0.2) is 23.1 Å². The Labute approximate surface area is 164 Å². The third-order valence-electron chi connectivity index (χ3n) is 5.55. The van der Waals surface area contributed by atoms with Crippen molar-refractivity contribution in [3.8, 4) is 0 Å². The van der Waals surface area contributed by atoms with Crippen LogP contribution in [-0.2, 0) is 14.8 Å². The number of rotatable bonds is 5. The first-order valence-corrected chi connectivity index (χ1v) is 11.0. The molecule has 0 unspecified atom stereocenters. The van der Waals surface area contributed by atoms with Gasteiger partial charge in [0.1, 0.15) is 5.69 Å². The van der Waals surface area contributed by atoms with Crippen LogP contribution < -0.4 is 10.2 Å². The van der Waals surface area contributed by atoms with Crippen LogP contribution in [0.3, 0.4) is 0 Å². The fraction of sp³-hybridized carbons (Fsp3) is 0.611. The van der Waals surface area contributed by atoms with Gasteiger partial charge in [-0.15, -0.1) is 0 Å². The summed E-state index contributed by atoms with van der Waals surface area (Å²) in [4.78, 5) is 24.7. The molecule has 0 radical (unpaired) electrons. The van der Waals surface area contributed by atoms with Crippen molar-refractivity contribution in [2.45, 2.75) is 37.0 Å². The topological polar surface area (TPSA) is 113 Å². The molecule has 10 heteroatoms. The lowest BCUT2D eigenvalue weighted by atomic mass is 9.95. The van der Waals surface area contributed by atoms with Crippen LogP contribution in [-0.4, -0.2) is 56.8 Å². The van der Waals surface area contributed by atoms with Crippen molar-refractivity contribution in [2.75, 3.05) is 38.1 Å². The summed E-state index contributed by atoms with van der Waals surface area (Å²) >= 11 is 0. The molecule has 0 bridgehead atoms. The molecule has 3 rings (SSSR count). The fourth-order valence-corrected chi connectivity index (χ4v) is 5.46. The molecule has 2 heterocycles. The lowest BCUT2D eigenvalue weighted by Crippen LogP contribution is -2.39. The van der Waals surface area contributed by atoms with E-state index in [1.165, 1.54) is 22.5 Å². The van der Waals surface area contributed by atoms with Gasteiger partial charge in [0.15, 0.2) is 0 Å². The maximum absolute atomic E-state index is 12.8. The van der Waals surface area contributed by atoms with E-state index < -0.39 is 14.9 Å². The van der Waals surface area contributed by atoms with Gasteiger partial charge in [0.2, 0.25) is 15.9 Å². The third kappa shape index (κ3) is 4.12. The Balaban J connectivity index is 1.84. The van der Waals surface area contributed by atoms with E-state index in [-0.39, 0.29) is 22.4 Å². The van der Waals surface area contributed by atoms with E-state index in [0.29, 0.717) is 44.7 Å². The molecule has 0 atom stereocenters. The number of carbonyl (C=O) groups excluding carboxylic acids is 1. The van der Waals surface area contributed by atoms with Crippen LogP contribution in [0.25, 0.3) is 0 Å². The number of piperidine rings is 2. The maximum atomic E-state index is 12.8. The van der Waals surface area contributed by atoms with Crippen LogP contribution >= 0.6 is 0 Å². The Bertz CT molecular complexity index is 844. The smallest absolute Gasteiger partial charge is 0.293 e. The van der Waals surface area contributed by atoms with Crippen molar-refractivity contribution < 1.29 is 18.1 Å². The number of benzene rings is 1. The van der Waals surface area contributed by atoms with Crippen molar-refractivity contribution in [1.82, 2.24) is 9.62 Å². The van der Waals surface area contributed by atoms with Crippen LogP contribution in [0.4, 0.5) is 11.4 Å². The summed E-state index contributed by atoms with van der Waals surface area (Å²) in [7, 11) is -2.13. The average molecular weight is 410 g/mol. The summed E-state index contributed by atoms with van der Waals surface area (Å²) < 4.78 is 27.1. The Morgan fingerprint density at radius 3 is 2.36 bits per heavy atom. The van der Waals surface area contributed by atoms with E-state index in [1.54, 1.807) is 7.05 Å². The standard InChI is InChI=1S/C18H26N4O5S/c1-19-18(23)14-7-11-20(12-8-14)16-6-5-15(13-17(16)22(24)25)28(26,27)21-9-3-2-4-10-21/h5-6,13-14H,2-4,7-12H2,1H3,(H,19,23). The van der Waals surface area contributed by atoms with Crippen molar-refractivity contribution >= 4 is 27.3 Å². The van der Waals surface area contributed by atoms with E-state index in [2.05, 4.69) is 5.32 Å². The third-order valence-corrected chi connectivity index (χ3v) is 7.44. The van der Waals surface area contributed by atoms with Gasteiger partial charge in [-0.1, -0.05) is 6.42 Å². The first-order valence-electron chi connectivity index (χ1n) is 9.59. The zero-order valence-electron chi connectivity index (χ0n) is 16.0. The van der Waals surface area contributed by atoms with Crippen LogP contribution in [0.5, 0.6) is 0 Å². The number of amides is 1. The summed E-state index contributed by atoms with van der Waals surface area (Å²) in [5.41, 5.74) is 0.189. The summed E-state index contributed by atoms with van der Waals surface area (Å²) in [6.45, 7) is 1.92. The molecule has 0 aromatic heterocycles. The molecule has 1 amide bonds. The van der Waals surface area contributed by atoms with Gasteiger partial charge in [0, 0.05) is 45.2 Å². The number of sulfonamides is 1. The number of nitro benzene ring substituents is 1. The molecule has 2 saturated heterocycles. The molecule has 2 aliphatic rings.